The van der Waals surface area contributed by atoms with Crippen molar-refractivity contribution in [2.24, 2.45) is 0 Å². The Labute approximate surface area is 109 Å². The Morgan fingerprint density at radius 1 is 1.58 bits per heavy atom. The minimum absolute atomic E-state index is 0.121. The first-order chi connectivity index (χ1) is 9.10. The van der Waals surface area contributed by atoms with Crippen LogP contribution in [0.1, 0.15) is 11.1 Å². The van der Waals surface area contributed by atoms with Crippen LogP contribution in [-0.2, 0) is 16.1 Å². The highest BCUT2D eigenvalue weighted by molar-refractivity contribution is 5.73. The summed E-state index contributed by atoms with van der Waals surface area (Å²) in [6.45, 7) is 1.32. The maximum atomic E-state index is 13.3. The van der Waals surface area contributed by atoms with E-state index in [4.69, 9.17) is 15.1 Å². The first kappa shape index (κ1) is 13.5. The number of hydrogen-bond acceptors (Lipinski definition) is 4. The maximum absolute atomic E-state index is 13.3. The van der Waals surface area contributed by atoms with E-state index in [-0.39, 0.29) is 18.7 Å². The molecule has 1 atom stereocenters. The van der Waals surface area contributed by atoms with Crippen molar-refractivity contribution in [3.8, 4) is 6.07 Å². The van der Waals surface area contributed by atoms with E-state index in [0.29, 0.717) is 18.7 Å². The van der Waals surface area contributed by atoms with Crippen LogP contribution in [-0.4, -0.2) is 41.8 Å². The van der Waals surface area contributed by atoms with Gasteiger partial charge in [-0.2, -0.15) is 5.26 Å². The van der Waals surface area contributed by atoms with E-state index in [1.165, 1.54) is 6.07 Å². The van der Waals surface area contributed by atoms with Crippen LogP contribution in [0.15, 0.2) is 18.2 Å². The molecule has 0 aliphatic carbocycles. The third kappa shape index (κ3) is 3.28. The van der Waals surface area contributed by atoms with E-state index in [1.54, 1.807) is 11.0 Å². The number of nitriles is 1. The molecule has 5 nitrogen and oxygen atoms in total. The van der Waals surface area contributed by atoms with Crippen LogP contribution in [0.3, 0.4) is 0 Å². The molecule has 0 saturated carbocycles. The first-order valence-electron chi connectivity index (χ1n) is 5.84. The molecule has 1 heterocycles. The van der Waals surface area contributed by atoms with Crippen LogP contribution in [0.25, 0.3) is 0 Å². The Morgan fingerprint density at radius 3 is 3.05 bits per heavy atom. The van der Waals surface area contributed by atoms with E-state index < -0.39 is 17.8 Å². The zero-order chi connectivity index (χ0) is 13.8. The van der Waals surface area contributed by atoms with Gasteiger partial charge in [0.15, 0.2) is 0 Å². The largest absolute Gasteiger partial charge is 0.480 e. The highest BCUT2D eigenvalue weighted by atomic mass is 19.1. The molecule has 6 heteroatoms. The van der Waals surface area contributed by atoms with E-state index >= 15 is 0 Å². The van der Waals surface area contributed by atoms with Gasteiger partial charge in [0.2, 0.25) is 0 Å². The summed E-state index contributed by atoms with van der Waals surface area (Å²) in [7, 11) is 0. The minimum atomic E-state index is -0.961. The van der Waals surface area contributed by atoms with Gasteiger partial charge in [-0.15, -0.1) is 0 Å². The second-order valence-corrected chi connectivity index (χ2v) is 4.36. The van der Waals surface area contributed by atoms with Crippen molar-refractivity contribution in [1.29, 1.82) is 5.26 Å². The third-order valence-corrected chi connectivity index (χ3v) is 3.00. The molecule has 1 N–H and O–H groups in total. The van der Waals surface area contributed by atoms with Crippen molar-refractivity contribution >= 4 is 5.97 Å². The molecule has 0 spiro atoms. The summed E-state index contributed by atoms with van der Waals surface area (Å²) < 4.78 is 18.4. The number of rotatable bonds is 3. The van der Waals surface area contributed by atoms with Gasteiger partial charge in [-0.05, 0) is 23.8 Å². The van der Waals surface area contributed by atoms with E-state index in [0.717, 1.165) is 6.07 Å². The molecule has 0 aromatic heterocycles. The quantitative estimate of drug-likeness (QED) is 0.881. The van der Waals surface area contributed by atoms with Crippen LogP contribution in [0.4, 0.5) is 4.39 Å². The SMILES string of the molecule is N#Cc1cc(F)cc(CN2CCOCC2C(=O)O)c1. The van der Waals surface area contributed by atoms with Gasteiger partial charge in [0, 0.05) is 13.1 Å². The molecule has 100 valence electrons. The molecule has 0 radical (unpaired) electrons. The van der Waals surface area contributed by atoms with Gasteiger partial charge in [0.1, 0.15) is 11.9 Å². The molecule has 1 saturated heterocycles. The van der Waals surface area contributed by atoms with Gasteiger partial charge >= 0.3 is 5.97 Å². The Balaban J connectivity index is 2.17. The summed E-state index contributed by atoms with van der Waals surface area (Å²) in [4.78, 5) is 12.8. The molecule has 1 aromatic carbocycles. The highest BCUT2D eigenvalue weighted by Crippen LogP contribution is 2.15. The predicted molar refractivity (Wildman–Crippen MR) is 63.8 cm³/mol. The van der Waals surface area contributed by atoms with Crippen LogP contribution in [0.2, 0.25) is 0 Å². The summed E-state index contributed by atoms with van der Waals surface area (Å²) in [5, 5.41) is 17.9. The Bertz CT molecular complexity index is 527. The molecule has 1 aromatic rings. The van der Waals surface area contributed by atoms with Gasteiger partial charge in [-0.25, -0.2) is 4.39 Å². The second kappa shape index (κ2) is 5.78. The van der Waals surface area contributed by atoms with Crippen molar-refractivity contribution in [1.82, 2.24) is 4.90 Å². The Kier molecular flexibility index (Phi) is 4.10. The number of benzene rings is 1. The van der Waals surface area contributed by atoms with Gasteiger partial charge < -0.3 is 9.84 Å². The fourth-order valence-corrected chi connectivity index (χ4v) is 2.10. The predicted octanol–water partition coefficient (Wildman–Crippen LogP) is 0.983. The lowest BCUT2D eigenvalue weighted by molar-refractivity contribution is -0.150. The zero-order valence-electron chi connectivity index (χ0n) is 10.2. The molecule has 1 aliphatic rings. The van der Waals surface area contributed by atoms with Gasteiger partial charge in [0.25, 0.3) is 0 Å². The summed E-state index contributed by atoms with van der Waals surface area (Å²) in [6, 6.07) is 5.18. The Morgan fingerprint density at radius 2 is 2.37 bits per heavy atom. The molecule has 0 amide bonds. The molecule has 1 unspecified atom stereocenters. The fourth-order valence-electron chi connectivity index (χ4n) is 2.10. The summed E-state index contributed by atoms with van der Waals surface area (Å²) in [5.74, 6) is -1.45. The molecule has 19 heavy (non-hydrogen) atoms. The molecule has 1 fully saturated rings. The molecule has 2 rings (SSSR count). The van der Waals surface area contributed by atoms with Crippen LogP contribution in [0, 0.1) is 17.1 Å². The fraction of sp³-hybridized carbons (Fsp3) is 0.385. The van der Waals surface area contributed by atoms with Crippen molar-refractivity contribution < 1.29 is 19.0 Å². The van der Waals surface area contributed by atoms with Crippen LogP contribution >= 0.6 is 0 Å². The van der Waals surface area contributed by atoms with E-state index in [2.05, 4.69) is 0 Å². The lowest BCUT2D eigenvalue weighted by Crippen LogP contribution is -2.49. The minimum Gasteiger partial charge on any atom is -0.480 e. The Hall–Kier alpha value is -1.97. The number of ether oxygens (including phenoxy) is 1. The van der Waals surface area contributed by atoms with Crippen LogP contribution < -0.4 is 0 Å². The monoisotopic (exact) mass is 264 g/mol. The lowest BCUT2D eigenvalue weighted by Gasteiger charge is -2.32. The topological polar surface area (TPSA) is 73.6 Å². The third-order valence-electron chi connectivity index (χ3n) is 3.00. The van der Waals surface area contributed by atoms with Crippen LogP contribution in [0.5, 0.6) is 0 Å². The van der Waals surface area contributed by atoms with E-state index in [9.17, 15) is 9.18 Å². The average molecular weight is 264 g/mol. The number of hydrogen-bond donors (Lipinski definition) is 1. The van der Waals surface area contributed by atoms with Gasteiger partial charge in [-0.1, -0.05) is 0 Å². The molecule has 1 aliphatic heterocycles. The summed E-state index contributed by atoms with van der Waals surface area (Å²) >= 11 is 0. The number of carboxylic acids is 1. The van der Waals surface area contributed by atoms with Crippen molar-refractivity contribution in [3.05, 3.63) is 35.1 Å². The number of nitrogens with zero attached hydrogens (tertiary/aromatic N) is 2. The van der Waals surface area contributed by atoms with E-state index in [1.807, 2.05) is 6.07 Å². The highest BCUT2D eigenvalue weighted by Gasteiger charge is 2.29. The van der Waals surface area contributed by atoms with Crippen molar-refractivity contribution in [3.63, 3.8) is 0 Å². The van der Waals surface area contributed by atoms with Crippen molar-refractivity contribution in [2.75, 3.05) is 19.8 Å². The van der Waals surface area contributed by atoms with Gasteiger partial charge in [-0.3, -0.25) is 9.69 Å². The van der Waals surface area contributed by atoms with Crippen molar-refractivity contribution in [2.45, 2.75) is 12.6 Å². The lowest BCUT2D eigenvalue weighted by atomic mass is 10.1. The maximum Gasteiger partial charge on any atom is 0.323 e. The smallest absolute Gasteiger partial charge is 0.323 e. The molecular formula is C13H13FN2O3. The average Bonchev–Trinajstić information content (AvgIpc) is 2.38. The number of carbonyl (C=O) groups is 1. The number of carboxylic acid groups (broad SMARTS) is 1. The zero-order valence-corrected chi connectivity index (χ0v) is 10.2. The number of aliphatic carboxylic acids is 1. The summed E-state index contributed by atoms with van der Waals surface area (Å²) in [6.07, 6.45) is 0. The molecular weight excluding hydrogens is 251 g/mol. The first-order valence-corrected chi connectivity index (χ1v) is 5.84. The van der Waals surface area contributed by atoms with Gasteiger partial charge in [0.05, 0.1) is 24.8 Å². The normalized spacial score (nSPS) is 19.9. The number of halogens is 1. The summed E-state index contributed by atoms with van der Waals surface area (Å²) in [5.41, 5.74) is 0.819. The second-order valence-electron chi connectivity index (χ2n) is 4.36. The standard InChI is InChI=1S/C13H13FN2O3/c14-11-4-9(6-15)3-10(5-11)7-16-1-2-19-8-12(16)13(17)18/h3-5,12H,1-2,7-8H2,(H,17,18). The molecule has 0 bridgehead atoms. The number of morpholine rings is 1.